The molecule has 0 saturated carbocycles. The van der Waals surface area contributed by atoms with Gasteiger partial charge in [-0.1, -0.05) is 35.7 Å². The monoisotopic (exact) mass is 441 g/mol. The summed E-state index contributed by atoms with van der Waals surface area (Å²) in [6.07, 6.45) is 1.84. The quantitative estimate of drug-likeness (QED) is 0.431. The van der Waals surface area contributed by atoms with E-state index in [1.165, 1.54) is 0 Å². The summed E-state index contributed by atoms with van der Waals surface area (Å²) in [5.41, 5.74) is 5.89. The lowest BCUT2D eigenvalue weighted by atomic mass is 10.1. The highest BCUT2D eigenvalue weighted by molar-refractivity contribution is 6.30. The summed E-state index contributed by atoms with van der Waals surface area (Å²) in [5.74, 6) is 7.43. The van der Waals surface area contributed by atoms with E-state index in [9.17, 15) is 0 Å². The van der Waals surface area contributed by atoms with Crippen molar-refractivity contribution < 1.29 is 0 Å². The van der Waals surface area contributed by atoms with Crippen LogP contribution in [-0.4, -0.2) is 52.7 Å². The minimum absolute atomic E-state index is 0.727. The lowest BCUT2D eigenvalue weighted by Crippen LogP contribution is -2.45. The third-order valence-electron chi connectivity index (χ3n) is 5.92. The van der Waals surface area contributed by atoms with Crippen LogP contribution in [0.4, 0.5) is 5.95 Å². The van der Waals surface area contributed by atoms with Crippen LogP contribution in [0.1, 0.15) is 11.3 Å². The largest absolute Gasteiger partial charge is 0.340 e. The highest BCUT2D eigenvalue weighted by Gasteiger charge is 2.19. The number of benzene rings is 2. The van der Waals surface area contributed by atoms with Crippen molar-refractivity contribution in [3.05, 3.63) is 77.1 Å². The second-order valence-electron chi connectivity index (χ2n) is 8.15. The molecule has 5 nitrogen and oxygen atoms in total. The lowest BCUT2D eigenvalue weighted by molar-refractivity contribution is 0.310. The molecule has 1 aliphatic rings. The normalized spacial score (nSPS) is 14.4. The zero-order chi connectivity index (χ0) is 22.1. The van der Waals surface area contributed by atoms with Gasteiger partial charge >= 0.3 is 0 Å². The van der Waals surface area contributed by atoms with E-state index in [2.05, 4.69) is 57.4 Å². The Kier molecular flexibility index (Phi) is 5.57. The van der Waals surface area contributed by atoms with Crippen LogP contribution in [0.5, 0.6) is 0 Å². The Morgan fingerprint density at radius 1 is 0.844 bits per heavy atom. The molecule has 0 unspecified atom stereocenters. The number of imidazole rings is 1. The molecule has 0 bridgehead atoms. The van der Waals surface area contributed by atoms with E-state index in [-0.39, 0.29) is 0 Å². The molecule has 32 heavy (non-hydrogen) atoms. The highest BCUT2D eigenvalue weighted by atomic mass is 35.5. The molecule has 0 amide bonds. The van der Waals surface area contributed by atoms with Crippen molar-refractivity contribution in [2.24, 2.45) is 7.05 Å². The molecule has 2 aromatic carbocycles. The van der Waals surface area contributed by atoms with Gasteiger partial charge in [-0.3, -0.25) is 0 Å². The van der Waals surface area contributed by atoms with Crippen molar-refractivity contribution in [2.45, 2.75) is 0 Å². The van der Waals surface area contributed by atoms with Gasteiger partial charge in [-0.2, -0.15) is 0 Å². The van der Waals surface area contributed by atoms with Crippen LogP contribution < -0.4 is 4.90 Å². The number of piperazine rings is 1. The Balaban J connectivity index is 1.36. The molecule has 2 aromatic heterocycles. The van der Waals surface area contributed by atoms with Gasteiger partial charge in [0.25, 0.3) is 0 Å². The molecule has 1 aliphatic heterocycles. The van der Waals surface area contributed by atoms with Crippen molar-refractivity contribution >= 4 is 28.6 Å². The summed E-state index contributed by atoms with van der Waals surface area (Å²) >= 11 is 5.97. The number of halogens is 1. The minimum atomic E-state index is 0.727. The molecule has 0 spiro atoms. The zero-order valence-electron chi connectivity index (χ0n) is 18.2. The third kappa shape index (κ3) is 4.20. The first-order chi connectivity index (χ1) is 15.6. The van der Waals surface area contributed by atoms with Crippen molar-refractivity contribution in [3.63, 3.8) is 0 Å². The van der Waals surface area contributed by atoms with Gasteiger partial charge in [0.15, 0.2) is 0 Å². The maximum atomic E-state index is 5.97. The second-order valence-corrected chi connectivity index (χ2v) is 8.59. The van der Waals surface area contributed by atoms with Crippen molar-refractivity contribution in [2.75, 3.05) is 38.1 Å². The van der Waals surface area contributed by atoms with Gasteiger partial charge < -0.3 is 14.4 Å². The maximum Gasteiger partial charge on any atom is 0.206 e. The van der Waals surface area contributed by atoms with Crippen LogP contribution in [0.25, 0.3) is 22.2 Å². The zero-order valence-corrected chi connectivity index (χ0v) is 19.0. The van der Waals surface area contributed by atoms with Gasteiger partial charge in [-0.15, -0.1) is 0 Å². The van der Waals surface area contributed by atoms with Gasteiger partial charge in [-0.25, -0.2) is 9.97 Å². The minimum Gasteiger partial charge on any atom is -0.340 e. The predicted molar refractivity (Wildman–Crippen MR) is 131 cm³/mol. The van der Waals surface area contributed by atoms with Crippen LogP contribution in [0.2, 0.25) is 5.02 Å². The first-order valence-corrected chi connectivity index (χ1v) is 11.1. The number of aryl methyl sites for hydroxylation is 1. The van der Waals surface area contributed by atoms with Gasteiger partial charge in [0.05, 0.1) is 11.0 Å². The summed E-state index contributed by atoms with van der Waals surface area (Å²) in [4.78, 5) is 14.1. The van der Waals surface area contributed by atoms with Gasteiger partial charge in [0.2, 0.25) is 5.95 Å². The van der Waals surface area contributed by atoms with E-state index in [1.54, 1.807) is 0 Å². The molecule has 0 aliphatic carbocycles. The van der Waals surface area contributed by atoms with E-state index >= 15 is 0 Å². The molecule has 0 radical (unpaired) electrons. The van der Waals surface area contributed by atoms with Crippen LogP contribution in [0, 0.1) is 11.8 Å². The fraction of sp³-hybridized carbons (Fsp3) is 0.231. The number of aromatic nitrogens is 3. The Morgan fingerprint density at radius 3 is 2.31 bits per heavy atom. The summed E-state index contributed by atoms with van der Waals surface area (Å²) in [6, 6.07) is 17.9. The molecule has 0 atom stereocenters. The molecule has 3 heterocycles. The van der Waals surface area contributed by atoms with E-state index in [0.717, 1.165) is 70.6 Å². The summed E-state index contributed by atoms with van der Waals surface area (Å²) in [5, 5.41) is 0.727. The van der Waals surface area contributed by atoms with Gasteiger partial charge in [-0.05, 0) is 54.9 Å². The highest BCUT2D eigenvalue weighted by Crippen LogP contribution is 2.23. The predicted octanol–water partition coefficient (Wildman–Crippen LogP) is 4.44. The first-order valence-electron chi connectivity index (χ1n) is 10.7. The van der Waals surface area contributed by atoms with Crippen LogP contribution >= 0.6 is 11.6 Å². The summed E-state index contributed by atoms with van der Waals surface area (Å²) < 4.78 is 2.18. The van der Waals surface area contributed by atoms with Crippen molar-refractivity contribution in [1.82, 2.24) is 19.4 Å². The van der Waals surface area contributed by atoms with E-state index in [1.807, 2.05) is 48.7 Å². The van der Waals surface area contributed by atoms with E-state index < -0.39 is 0 Å². The number of anilines is 1. The van der Waals surface area contributed by atoms with Crippen molar-refractivity contribution in [3.8, 4) is 23.0 Å². The van der Waals surface area contributed by atoms with Gasteiger partial charge in [0.1, 0.15) is 5.69 Å². The maximum absolute atomic E-state index is 5.97. The Labute approximate surface area is 193 Å². The van der Waals surface area contributed by atoms with Gasteiger partial charge in [0, 0.05) is 55.6 Å². The molecule has 5 rings (SSSR count). The molecular weight excluding hydrogens is 418 g/mol. The third-order valence-corrected chi connectivity index (χ3v) is 6.17. The number of likely N-dealkylation sites (N-methyl/N-ethyl adjacent to an activating group) is 1. The molecule has 160 valence electrons. The first kappa shape index (κ1) is 20.6. The van der Waals surface area contributed by atoms with Crippen LogP contribution in [0.15, 0.2) is 60.8 Å². The standard InChI is InChI=1S/C26H24ClN5/c1-30-13-15-32(16-14-30)26-29-24-17-19(4-12-25(24)31(26)2)3-10-23-11-7-21(18-28-23)20-5-8-22(27)9-6-20/h4-9,11-12,17-18H,13-16H2,1-2H3. The molecule has 6 heteroatoms. The average Bonchev–Trinajstić information content (AvgIpc) is 3.15. The average molecular weight is 442 g/mol. The molecule has 1 fully saturated rings. The summed E-state index contributed by atoms with van der Waals surface area (Å²) in [6.45, 7) is 4.11. The fourth-order valence-electron chi connectivity index (χ4n) is 3.97. The SMILES string of the molecule is CN1CCN(c2nc3cc(C#Cc4ccc(-c5ccc(Cl)cc5)cn4)ccc3n2C)CC1. The topological polar surface area (TPSA) is 37.2 Å². The number of fused-ring (bicyclic) bond motifs is 1. The Bertz CT molecular complexity index is 1300. The molecule has 4 aromatic rings. The number of hydrogen-bond acceptors (Lipinski definition) is 4. The lowest BCUT2D eigenvalue weighted by Gasteiger charge is -2.32. The smallest absolute Gasteiger partial charge is 0.206 e. The number of nitrogens with zero attached hydrogens (tertiary/aromatic N) is 5. The van der Waals surface area contributed by atoms with E-state index in [0.29, 0.717) is 0 Å². The van der Waals surface area contributed by atoms with E-state index in [4.69, 9.17) is 16.6 Å². The van der Waals surface area contributed by atoms with Crippen molar-refractivity contribution in [1.29, 1.82) is 0 Å². The fourth-order valence-corrected chi connectivity index (χ4v) is 4.10. The molecule has 0 N–H and O–H groups in total. The number of rotatable bonds is 2. The molecule has 1 saturated heterocycles. The summed E-state index contributed by atoms with van der Waals surface area (Å²) in [7, 11) is 4.25. The number of pyridine rings is 1. The van der Waals surface area contributed by atoms with Crippen LogP contribution in [-0.2, 0) is 7.05 Å². The number of hydrogen-bond donors (Lipinski definition) is 0. The Morgan fingerprint density at radius 2 is 1.59 bits per heavy atom. The Hall–Kier alpha value is -3.33. The van der Waals surface area contributed by atoms with Crippen LogP contribution in [0.3, 0.4) is 0 Å². The second kappa shape index (κ2) is 8.66. The molecular formula is C26H24ClN5.